The quantitative estimate of drug-likeness (QED) is 0.895. The molecule has 4 nitrogen and oxygen atoms in total. The summed E-state index contributed by atoms with van der Waals surface area (Å²) in [5.41, 5.74) is 0.568. The van der Waals surface area contributed by atoms with Crippen LogP contribution in [0, 0.1) is 5.82 Å². The summed E-state index contributed by atoms with van der Waals surface area (Å²) < 4.78 is 36.2. The molecule has 2 rings (SSSR count). The van der Waals surface area contributed by atoms with Crippen molar-refractivity contribution in [3.05, 3.63) is 35.6 Å². The minimum absolute atomic E-state index is 0.0201. The number of carbonyl (C=O) groups is 1. The highest BCUT2D eigenvalue weighted by molar-refractivity contribution is 8.00. The molecular formula is C14H18FNO3S2. The first-order valence-corrected chi connectivity index (χ1v) is 9.60. The van der Waals surface area contributed by atoms with E-state index in [0.717, 1.165) is 0 Å². The van der Waals surface area contributed by atoms with Gasteiger partial charge in [-0.05, 0) is 19.4 Å². The van der Waals surface area contributed by atoms with E-state index in [0.29, 0.717) is 12.0 Å². The molecule has 0 unspecified atom stereocenters. The third kappa shape index (κ3) is 4.71. The smallest absolute Gasteiger partial charge is 0.230 e. The van der Waals surface area contributed by atoms with E-state index in [9.17, 15) is 17.6 Å². The van der Waals surface area contributed by atoms with Crippen molar-refractivity contribution in [1.82, 2.24) is 5.32 Å². The van der Waals surface area contributed by atoms with Gasteiger partial charge in [0.2, 0.25) is 5.91 Å². The average molecular weight is 331 g/mol. The van der Waals surface area contributed by atoms with Crippen LogP contribution < -0.4 is 5.32 Å². The fourth-order valence-corrected chi connectivity index (χ4v) is 4.80. The van der Waals surface area contributed by atoms with Crippen molar-refractivity contribution >= 4 is 27.5 Å². The molecule has 0 aromatic heterocycles. The van der Waals surface area contributed by atoms with E-state index in [1.807, 2.05) is 6.92 Å². The third-order valence-corrected chi connectivity index (χ3v) is 6.36. The van der Waals surface area contributed by atoms with Crippen molar-refractivity contribution < 1.29 is 17.6 Å². The van der Waals surface area contributed by atoms with Gasteiger partial charge in [-0.3, -0.25) is 4.79 Å². The third-order valence-electron chi connectivity index (χ3n) is 3.41. The zero-order valence-corrected chi connectivity index (χ0v) is 13.3. The first-order chi connectivity index (χ1) is 9.87. The first kappa shape index (κ1) is 16.3. The van der Waals surface area contributed by atoms with E-state index in [1.165, 1.54) is 17.8 Å². The summed E-state index contributed by atoms with van der Waals surface area (Å²) in [5, 5.41) is 2.59. The summed E-state index contributed by atoms with van der Waals surface area (Å²) in [7, 11) is -2.99. The Bertz CT molecular complexity index is 618. The van der Waals surface area contributed by atoms with E-state index < -0.39 is 9.84 Å². The van der Waals surface area contributed by atoms with Gasteiger partial charge in [-0.1, -0.05) is 18.2 Å². The molecule has 0 radical (unpaired) electrons. The van der Waals surface area contributed by atoms with Crippen LogP contribution in [0.25, 0.3) is 0 Å². The van der Waals surface area contributed by atoms with Crippen LogP contribution in [0.2, 0.25) is 0 Å². The standard InChI is InChI=1S/C14H18FNO3S2/c1-10(12-4-2-3-5-13(12)15)20-8-14(17)16-11-6-7-21(18,19)9-11/h2-5,10-11H,6-9H2,1H3,(H,16,17)/t10-,11+/m0/s1. The SMILES string of the molecule is C[C@H](SCC(=O)N[C@@H]1CCS(=O)(=O)C1)c1ccccc1F. The summed E-state index contributed by atoms with van der Waals surface area (Å²) in [6, 6.07) is 6.21. The molecule has 1 N–H and O–H groups in total. The van der Waals surface area contributed by atoms with Crippen LogP contribution in [0.5, 0.6) is 0 Å². The Hall–Kier alpha value is -1.08. The zero-order valence-electron chi connectivity index (χ0n) is 11.7. The molecule has 0 aliphatic carbocycles. The molecule has 1 amide bonds. The van der Waals surface area contributed by atoms with Gasteiger partial charge in [-0.15, -0.1) is 11.8 Å². The Kier molecular flexibility index (Phi) is 5.27. The first-order valence-electron chi connectivity index (χ1n) is 6.73. The lowest BCUT2D eigenvalue weighted by molar-refractivity contribution is -0.119. The second-order valence-electron chi connectivity index (χ2n) is 5.14. The van der Waals surface area contributed by atoms with Crippen LogP contribution in [0.3, 0.4) is 0 Å². The molecule has 1 heterocycles. The largest absolute Gasteiger partial charge is 0.352 e. The number of carbonyl (C=O) groups excluding carboxylic acids is 1. The minimum Gasteiger partial charge on any atom is -0.352 e. The lowest BCUT2D eigenvalue weighted by Gasteiger charge is -2.14. The molecule has 21 heavy (non-hydrogen) atoms. The van der Waals surface area contributed by atoms with Gasteiger partial charge in [0, 0.05) is 16.9 Å². The Morgan fingerprint density at radius 1 is 1.48 bits per heavy atom. The van der Waals surface area contributed by atoms with Crippen molar-refractivity contribution in [2.24, 2.45) is 0 Å². The Morgan fingerprint density at radius 2 is 2.19 bits per heavy atom. The van der Waals surface area contributed by atoms with E-state index >= 15 is 0 Å². The minimum atomic E-state index is -2.99. The summed E-state index contributed by atoms with van der Waals surface area (Å²) in [6.07, 6.45) is 0.474. The fourth-order valence-electron chi connectivity index (χ4n) is 2.27. The monoisotopic (exact) mass is 331 g/mol. The number of benzene rings is 1. The average Bonchev–Trinajstić information content (AvgIpc) is 2.75. The van der Waals surface area contributed by atoms with Crippen LogP contribution in [-0.2, 0) is 14.6 Å². The molecule has 1 aliphatic rings. The Morgan fingerprint density at radius 3 is 2.81 bits per heavy atom. The van der Waals surface area contributed by atoms with Gasteiger partial charge in [0.25, 0.3) is 0 Å². The number of hydrogen-bond acceptors (Lipinski definition) is 4. The molecule has 0 spiro atoms. The summed E-state index contributed by atoms with van der Waals surface area (Å²) >= 11 is 1.33. The van der Waals surface area contributed by atoms with Gasteiger partial charge < -0.3 is 5.32 Å². The fraction of sp³-hybridized carbons (Fsp3) is 0.500. The van der Waals surface area contributed by atoms with Gasteiger partial charge in [0.1, 0.15) is 5.82 Å². The molecule has 1 aromatic rings. The molecular weight excluding hydrogens is 313 g/mol. The van der Waals surface area contributed by atoms with Gasteiger partial charge >= 0.3 is 0 Å². The number of sulfone groups is 1. The highest BCUT2D eigenvalue weighted by atomic mass is 32.2. The lowest BCUT2D eigenvalue weighted by atomic mass is 10.1. The van der Waals surface area contributed by atoms with Crippen LogP contribution in [-0.4, -0.2) is 37.6 Å². The van der Waals surface area contributed by atoms with Gasteiger partial charge in [0.05, 0.1) is 17.3 Å². The van der Waals surface area contributed by atoms with Gasteiger partial charge in [-0.2, -0.15) is 0 Å². The molecule has 1 fully saturated rings. The predicted molar refractivity (Wildman–Crippen MR) is 82.5 cm³/mol. The number of thioether (sulfide) groups is 1. The number of amides is 1. The molecule has 7 heteroatoms. The number of hydrogen-bond donors (Lipinski definition) is 1. The van der Waals surface area contributed by atoms with E-state index in [-0.39, 0.29) is 40.3 Å². The molecule has 116 valence electrons. The van der Waals surface area contributed by atoms with Crippen molar-refractivity contribution in [3.8, 4) is 0 Å². The summed E-state index contributed by atoms with van der Waals surface area (Å²) in [4.78, 5) is 11.8. The van der Waals surface area contributed by atoms with Crippen molar-refractivity contribution in [2.75, 3.05) is 17.3 Å². The molecule has 0 bridgehead atoms. The number of halogens is 1. The van der Waals surface area contributed by atoms with E-state index in [4.69, 9.17) is 0 Å². The van der Waals surface area contributed by atoms with E-state index in [2.05, 4.69) is 5.32 Å². The van der Waals surface area contributed by atoms with Crippen LogP contribution in [0.15, 0.2) is 24.3 Å². The normalized spacial score (nSPS) is 21.9. The second kappa shape index (κ2) is 6.79. The Balaban J connectivity index is 1.80. The summed E-state index contributed by atoms with van der Waals surface area (Å²) in [5.74, 6) is -0.139. The zero-order chi connectivity index (χ0) is 15.5. The van der Waals surface area contributed by atoms with Crippen LogP contribution >= 0.6 is 11.8 Å². The molecule has 1 aliphatic heterocycles. The molecule has 1 saturated heterocycles. The van der Waals surface area contributed by atoms with Crippen molar-refractivity contribution in [3.63, 3.8) is 0 Å². The van der Waals surface area contributed by atoms with Crippen LogP contribution in [0.1, 0.15) is 24.2 Å². The van der Waals surface area contributed by atoms with Crippen molar-refractivity contribution in [2.45, 2.75) is 24.6 Å². The highest BCUT2D eigenvalue weighted by Crippen LogP contribution is 2.29. The molecule has 2 atom stereocenters. The van der Waals surface area contributed by atoms with Crippen molar-refractivity contribution in [1.29, 1.82) is 0 Å². The van der Waals surface area contributed by atoms with Gasteiger partial charge in [0.15, 0.2) is 9.84 Å². The maximum Gasteiger partial charge on any atom is 0.230 e. The highest BCUT2D eigenvalue weighted by Gasteiger charge is 2.28. The van der Waals surface area contributed by atoms with E-state index in [1.54, 1.807) is 18.2 Å². The van der Waals surface area contributed by atoms with Gasteiger partial charge in [-0.25, -0.2) is 12.8 Å². The maximum atomic E-state index is 13.6. The Labute approximate surface area is 128 Å². The number of nitrogens with one attached hydrogen (secondary N) is 1. The molecule has 0 saturated carbocycles. The number of rotatable bonds is 5. The topological polar surface area (TPSA) is 63.2 Å². The second-order valence-corrected chi connectivity index (χ2v) is 8.70. The maximum absolute atomic E-state index is 13.6. The summed E-state index contributed by atoms with van der Waals surface area (Å²) in [6.45, 7) is 1.84. The lowest BCUT2D eigenvalue weighted by Crippen LogP contribution is -2.36. The van der Waals surface area contributed by atoms with Crippen LogP contribution in [0.4, 0.5) is 4.39 Å². The predicted octanol–water partition coefficient (Wildman–Crippen LogP) is 1.92. The molecule has 1 aromatic carbocycles.